The van der Waals surface area contributed by atoms with Gasteiger partial charge in [0.1, 0.15) is 5.75 Å². The van der Waals surface area contributed by atoms with E-state index < -0.39 is 0 Å². The fraction of sp³-hybridized carbons (Fsp3) is 0.176. The molecule has 0 fully saturated rings. The summed E-state index contributed by atoms with van der Waals surface area (Å²) in [7, 11) is 0. The van der Waals surface area contributed by atoms with Crippen LogP contribution in [-0.4, -0.2) is 17.6 Å². The molecule has 0 radical (unpaired) electrons. The third-order valence-corrected chi connectivity index (χ3v) is 4.15. The Labute approximate surface area is 163 Å². The van der Waals surface area contributed by atoms with Gasteiger partial charge in [0.05, 0.1) is 12.2 Å². The van der Waals surface area contributed by atoms with Crippen LogP contribution in [0.25, 0.3) is 0 Å². The molecule has 0 heterocycles. The van der Waals surface area contributed by atoms with Gasteiger partial charge in [0, 0.05) is 14.6 Å². The quantitative estimate of drug-likeness (QED) is 0.593. The summed E-state index contributed by atoms with van der Waals surface area (Å²) in [5.41, 5.74) is 1.21. The van der Waals surface area contributed by atoms with E-state index in [2.05, 4.69) is 42.5 Å². The van der Waals surface area contributed by atoms with Crippen molar-refractivity contribution >= 4 is 60.8 Å². The molecule has 0 spiro atoms. The highest BCUT2D eigenvalue weighted by Gasteiger charge is 2.15. The largest absolute Gasteiger partial charge is 0.493 e. The summed E-state index contributed by atoms with van der Waals surface area (Å²) >= 11 is 12.0. The first-order chi connectivity index (χ1) is 11.5. The molecule has 2 aromatic rings. The summed E-state index contributed by atoms with van der Waals surface area (Å²) < 4.78 is 7.34. The monoisotopic (exact) mass is 470 g/mol. The summed E-state index contributed by atoms with van der Waals surface area (Å²) in [5, 5.41) is 5.87. The second-order valence-corrected chi connectivity index (χ2v) is 7.15. The number of amides is 1. The van der Waals surface area contributed by atoms with Crippen LogP contribution in [0.2, 0.25) is 0 Å². The van der Waals surface area contributed by atoms with Gasteiger partial charge in [0.15, 0.2) is 5.11 Å². The van der Waals surface area contributed by atoms with E-state index in [9.17, 15) is 4.79 Å². The minimum atomic E-state index is -0.324. The molecule has 0 aliphatic carbocycles. The number of nitrogens with one attached hydrogen (secondary N) is 2. The van der Waals surface area contributed by atoms with E-state index in [1.54, 1.807) is 12.1 Å². The van der Waals surface area contributed by atoms with Crippen LogP contribution in [0.1, 0.15) is 23.7 Å². The van der Waals surface area contributed by atoms with Gasteiger partial charge in [-0.2, -0.15) is 0 Å². The maximum atomic E-state index is 12.5. The number of halogens is 2. The predicted octanol–water partition coefficient (Wildman–Crippen LogP) is 5.13. The molecule has 0 aliphatic heterocycles. The lowest BCUT2D eigenvalue weighted by molar-refractivity contribution is 0.0973. The van der Waals surface area contributed by atoms with E-state index in [4.69, 9.17) is 17.0 Å². The first-order valence-electron chi connectivity index (χ1n) is 7.30. The Kier molecular flexibility index (Phi) is 7.20. The van der Waals surface area contributed by atoms with E-state index in [0.717, 1.165) is 21.1 Å². The van der Waals surface area contributed by atoms with Crippen molar-refractivity contribution in [3.05, 3.63) is 57.0 Å². The summed E-state index contributed by atoms with van der Waals surface area (Å²) in [5.74, 6) is 0.206. The molecule has 0 aromatic heterocycles. The van der Waals surface area contributed by atoms with Crippen molar-refractivity contribution in [1.29, 1.82) is 0 Å². The maximum Gasteiger partial charge on any atom is 0.261 e. The minimum absolute atomic E-state index is 0.222. The lowest BCUT2D eigenvalue weighted by Gasteiger charge is -2.13. The number of thiocarbonyl (C=S) groups is 1. The topological polar surface area (TPSA) is 50.4 Å². The number of hydrogen-bond donors (Lipinski definition) is 2. The third kappa shape index (κ3) is 5.58. The Hall–Kier alpha value is -1.44. The average molecular weight is 472 g/mol. The number of carbonyl (C=O) groups is 1. The highest BCUT2D eigenvalue weighted by Crippen LogP contribution is 2.23. The third-order valence-electron chi connectivity index (χ3n) is 2.96. The lowest BCUT2D eigenvalue weighted by Crippen LogP contribution is -2.34. The molecular formula is C17H16Br2N2O2S. The number of anilines is 1. The molecule has 24 heavy (non-hydrogen) atoms. The van der Waals surface area contributed by atoms with Gasteiger partial charge in [-0.1, -0.05) is 44.8 Å². The van der Waals surface area contributed by atoms with E-state index in [0.29, 0.717) is 17.9 Å². The van der Waals surface area contributed by atoms with Crippen LogP contribution in [-0.2, 0) is 0 Å². The molecule has 0 aliphatic rings. The summed E-state index contributed by atoms with van der Waals surface area (Å²) in [6.45, 7) is 2.55. The number of hydrogen-bond acceptors (Lipinski definition) is 3. The van der Waals surface area contributed by atoms with E-state index >= 15 is 0 Å². The number of carbonyl (C=O) groups excluding carboxylic acids is 1. The van der Waals surface area contributed by atoms with Crippen molar-refractivity contribution in [2.75, 3.05) is 11.9 Å². The molecule has 0 bridgehead atoms. The fourth-order valence-electron chi connectivity index (χ4n) is 1.92. The van der Waals surface area contributed by atoms with Gasteiger partial charge in [-0.3, -0.25) is 10.1 Å². The number of rotatable bonds is 5. The Morgan fingerprint density at radius 2 is 1.92 bits per heavy atom. The van der Waals surface area contributed by atoms with Crippen molar-refractivity contribution in [2.45, 2.75) is 13.3 Å². The molecule has 126 valence electrons. The zero-order chi connectivity index (χ0) is 17.5. The maximum absolute atomic E-state index is 12.5. The summed E-state index contributed by atoms with van der Waals surface area (Å²) in [6.07, 6.45) is 0.861. The van der Waals surface area contributed by atoms with Gasteiger partial charge >= 0.3 is 0 Å². The highest BCUT2D eigenvalue weighted by molar-refractivity contribution is 9.10. The number of benzene rings is 2. The minimum Gasteiger partial charge on any atom is -0.493 e. The highest BCUT2D eigenvalue weighted by atomic mass is 79.9. The average Bonchev–Trinajstić information content (AvgIpc) is 2.53. The Balaban J connectivity index is 2.08. The first-order valence-corrected chi connectivity index (χ1v) is 9.29. The molecular weight excluding hydrogens is 456 g/mol. The molecule has 2 rings (SSSR count). The first kappa shape index (κ1) is 18.9. The molecule has 1 amide bonds. The smallest absolute Gasteiger partial charge is 0.261 e. The van der Waals surface area contributed by atoms with Gasteiger partial charge in [-0.25, -0.2) is 0 Å². The van der Waals surface area contributed by atoms with Gasteiger partial charge < -0.3 is 10.1 Å². The second-order valence-electron chi connectivity index (χ2n) is 4.91. The van der Waals surface area contributed by atoms with Gasteiger partial charge in [-0.05, 0) is 55.0 Å². The van der Waals surface area contributed by atoms with Gasteiger partial charge in [-0.15, -0.1) is 0 Å². The Bertz CT molecular complexity index is 753. The van der Waals surface area contributed by atoms with Crippen LogP contribution in [0.3, 0.4) is 0 Å². The predicted molar refractivity (Wildman–Crippen MR) is 108 cm³/mol. The zero-order valence-corrected chi connectivity index (χ0v) is 16.9. The lowest BCUT2D eigenvalue weighted by atomic mass is 10.2. The van der Waals surface area contributed by atoms with Crippen molar-refractivity contribution < 1.29 is 9.53 Å². The summed E-state index contributed by atoms with van der Waals surface area (Å²) in [4.78, 5) is 12.5. The molecule has 4 nitrogen and oxygen atoms in total. The fourth-order valence-corrected chi connectivity index (χ4v) is 2.89. The van der Waals surface area contributed by atoms with Crippen molar-refractivity contribution in [2.24, 2.45) is 0 Å². The molecule has 2 aromatic carbocycles. The van der Waals surface area contributed by atoms with Crippen molar-refractivity contribution in [3.63, 3.8) is 0 Å². The van der Waals surface area contributed by atoms with E-state index in [1.807, 2.05) is 37.3 Å². The van der Waals surface area contributed by atoms with Crippen LogP contribution in [0.15, 0.2) is 51.4 Å². The second kappa shape index (κ2) is 9.15. The molecule has 7 heteroatoms. The molecule has 0 unspecified atom stereocenters. The van der Waals surface area contributed by atoms with Crippen molar-refractivity contribution in [3.8, 4) is 5.75 Å². The number of ether oxygens (including phenoxy) is 1. The van der Waals surface area contributed by atoms with Crippen LogP contribution in [0, 0.1) is 0 Å². The zero-order valence-electron chi connectivity index (χ0n) is 12.9. The standard InChI is InChI=1S/C17H16Br2N2O2S/c1-2-8-23-15-7-6-12(19)10-14(15)16(22)21-17(24)20-13-5-3-4-11(18)9-13/h3-7,9-10H,2,8H2,1H3,(H2,20,21,22,24). The van der Waals surface area contributed by atoms with Crippen LogP contribution in [0.5, 0.6) is 5.75 Å². The van der Waals surface area contributed by atoms with Crippen molar-refractivity contribution in [1.82, 2.24) is 5.32 Å². The SMILES string of the molecule is CCCOc1ccc(Br)cc1C(=O)NC(=S)Nc1cccc(Br)c1. The molecule has 0 atom stereocenters. The van der Waals surface area contributed by atoms with E-state index in [1.165, 1.54) is 0 Å². The van der Waals surface area contributed by atoms with Crippen LogP contribution in [0.4, 0.5) is 5.69 Å². The van der Waals surface area contributed by atoms with E-state index in [-0.39, 0.29) is 11.0 Å². The van der Waals surface area contributed by atoms with Crippen LogP contribution >= 0.6 is 44.1 Å². The molecule has 2 N–H and O–H groups in total. The molecule has 0 saturated heterocycles. The Morgan fingerprint density at radius 1 is 1.17 bits per heavy atom. The van der Waals surface area contributed by atoms with Gasteiger partial charge in [0.2, 0.25) is 0 Å². The summed E-state index contributed by atoms with van der Waals surface area (Å²) in [6, 6.07) is 12.8. The van der Waals surface area contributed by atoms with Gasteiger partial charge in [0.25, 0.3) is 5.91 Å². The molecule has 0 saturated carbocycles. The normalized spacial score (nSPS) is 10.1. The van der Waals surface area contributed by atoms with Crippen LogP contribution < -0.4 is 15.4 Å². The Morgan fingerprint density at radius 3 is 2.62 bits per heavy atom.